The fourth-order valence-electron chi connectivity index (χ4n) is 2.32. The topological polar surface area (TPSA) is 79.0 Å². The summed E-state index contributed by atoms with van der Waals surface area (Å²) in [5, 5.41) is 2.75. The molecular formula is C15H23N3O4S. The standard InChI is InChI=1S/C15H23N3O4S/c1-17(2)23(20,21)18(13-7-4-3-5-8-13)12-15(19)16-11-14-9-6-10-22-14/h3-5,7-8,14H,6,9-12H2,1-2H3,(H,16,19)/t14-/m1/s1. The van der Waals surface area contributed by atoms with E-state index in [4.69, 9.17) is 4.74 Å². The van der Waals surface area contributed by atoms with Gasteiger partial charge < -0.3 is 10.1 Å². The number of benzene rings is 1. The van der Waals surface area contributed by atoms with E-state index in [1.165, 1.54) is 14.1 Å². The van der Waals surface area contributed by atoms with Crippen LogP contribution in [0.3, 0.4) is 0 Å². The molecule has 0 unspecified atom stereocenters. The van der Waals surface area contributed by atoms with Gasteiger partial charge in [0.05, 0.1) is 11.8 Å². The first-order valence-corrected chi connectivity index (χ1v) is 8.94. The van der Waals surface area contributed by atoms with Gasteiger partial charge in [0.25, 0.3) is 0 Å². The third kappa shape index (κ3) is 4.66. The van der Waals surface area contributed by atoms with Crippen molar-refractivity contribution in [1.82, 2.24) is 9.62 Å². The Hall–Kier alpha value is -1.64. The van der Waals surface area contributed by atoms with Crippen molar-refractivity contribution in [3.8, 4) is 0 Å². The quantitative estimate of drug-likeness (QED) is 0.787. The molecule has 23 heavy (non-hydrogen) atoms. The molecule has 0 radical (unpaired) electrons. The van der Waals surface area contributed by atoms with E-state index in [2.05, 4.69) is 5.32 Å². The third-order valence-corrected chi connectivity index (χ3v) is 5.44. The molecular weight excluding hydrogens is 318 g/mol. The monoisotopic (exact) mass is 341 g/mol. The lowest BCUT2D eigenvalue weighted by Gasteiger charge is -2.27. The van der Waals surface area contributed by atoms with Gasteiger partial charge in [-0.1, -0.05) is 18.2 Å². The van der Waals surface area contributed by atoms with Gasteiger partial charge >= 0.3 is 10.2 Å². The Balaban J connectivity index is 2.07. The minimum atomic E-state index is -3.75. The molecule has 8 heteroatoms. The number of anilines is 1. The Kier molecular flexibility index (Phi) is 5.97. The predicted octanol–water partition coefficient (Wildman–Crippen LogP) is 0.595. The number of rotatable bonds is 7. The molecule has 1 atom stereocenters. The average molecular weight is 341 g/mol. The summed E-state index contributed by atoms with van der Waals surface area (Å²) in [5.74, 6) is -0.352. The number of carbonyl (C=O) groups excluding carboxylic acids is 1. The second-order valence-electron chi connectivity index (χ2n) is 5.57. The first-order chi connectivity index (χ1) is 10.9. The maximum Gasteiger partial charge on any atom is 0.304 e. The van der Waals surface area contributed by atoms with Crippen molar-refractivity contribution in [2.45, 2.75) is 18.9 Å². The van der Waals surface area contributed by atoms with Crippen LogP contribution in [-0.2, 0) is 19.7 Å². The van der Waals surface area contributed by atoms with Crippen molar-refractivity contribution in [3.63, 3.8) is 0 Å². The highest BCUT2D eigenvalue weighted by atomic mass is 32.2. The van der Waals surface area contributed by atoms with Gasteiger partial charge in [-0.05, 0) is 25.0 Å². The molecule has 0 bridgehead atoms. The predicted molar refractivity (Wildman–Crippen MR) is 88.4 cm³/mol. The van der Waals surface area contributed by atoms with E-state index >= 15 is 0 Å². The zero-order chi connectivity index (χ0) is 16.9. The van der Waals surface area contributed by atoms with Gasteiger partial charge in [0.15, 0.2) is 0 Å². The largest absolute Gasteiger partial charge is 0.376 e. The van der Waals surface area contributed by atoms with Crippen molar-refractivity contribution >= 4 is 21.8 Å². The van der Waals surface area contributed by atoms with E-state index in [-0.39, 0.29) is 18.6 Å². The molecule has 1 N–H and O–H groups in total. The molecule has 1 aliphatic heterocycles. The number of nitrogens with zero attached hydrogens (tertiary/aromatic N) is 2. The summed E-state index contributed by atoms with van der Waals surface area (Å²) in [6.45, 7) is 0.854. The van der Waals surface area contributed by atoms with Crippen molar-refractivity contribution in [2.24, 2.45) is 0 Å². The minimum absolute atomic E-state index is 0.0228. The fraction of sp³-hybridized carbons (Fsp3) is 0.533. The summed E-state index contributed by atoms with van der Waals surface area (Å²) in [4.78, 5) is 12.2. The van der Waals surface area contributed by atoms with E-state index in [0.29, 0.717) is 18.8 Å². The Morgan fingerprint density at radius 3 is 2.57 bits per heavy atom. The lowest BCUT2D eigenvalue weighted by atomic mass is 10.2. The second-order valence-corrected chi connectivity index (χ2v) is 7.64. The van der Waals surface area contributed by atoms with Crippen LogP contribution in [0.5, 0.6) is 0 Å². The molecule has 1 heterocycles. The van der Waals surface area contributed by atoms with Crippen LogP contribution < -0.4 is 9.62 Å². The van der Waals surface area contributed by atoms with Crippen molar-refractivity contribution in [1.29, 1.82) is 0 Å². The first kappa shape index (κ1) is 17.7. The number of amides is 1. The molecule has 1 aliphatic rings. The van der Waals surface area contributed by atoms with Gasteiger partial charge in [-0.15, -0.1) is 0 Å². The van der Waals surface area contributed by atoms with Crippen LogP contribution in [0.15, 0.2) is 30.3 Å². The smallest absolute Gasteiger partial charge is 0.304 e. The molecule has 1 amide bonds. The molecule has 1 aromatic carbocycles. The van der Waals surface area contributed by atoms with E-state index in [1.54, 1.807) is 30.3 Å². The molecule has 128 valence electrons. The number of hydrogen-bond acceptors (Lipinski definition) is 4. The maximum absolute atomic E-state index is 12.5. The lowest BCUT2D eigenvalue weighted by molar-refractivity contribution is -0.120. The molecule has 2 rings (SSSR count). The summed E-state index contributed by atoms with van der Waals surface area (Å²) >= 11 is 0. The summed E-state index contributed by atoms with van der Waals surface area (Å²) in [5.41, 5.74) is 0.452. The highest BCUT2D eigenvalue weighted by molar-refractivity contribution is 7.90. The van der Waals surface area contributed by atoms with Crippen LogP contribution in [-0.4, -0.2) is 58.5 Å². The van der Waals surface area contributed by atoms with Crippen LogP contribution in [0, 0.1) is 0 Å². The van der Waals surface area contributed by atoms with Crippen LogP contribution in [0.1, 0.15) is 12.8 Å². The number of hydrogen-bond donors (Lipinski definition) is 1. The molecule has 1 fully saturated rings. The van der Waals surface area contributed by atoms with Crippen LogP contribution in [0.25, 0.3) is 0 Å². The molecule has 0 spiro atoms. The highest BCUT2D eigenvalue weighted by Gasteiger charge is 2.27. The van der Waals surface area contributed by atoms with E-state index < -0.39 is 10.2 Å². The summed E-state index contributed by atoms with van der Waals surface area (Å²) in [6.07, 6.45) is 1.93. The normalized spacial score (nSPS) is 18.1. The van der Waals surface area contributed by atoms with Crippen LogP contribution >= 0.6 is 0 Å². The van der Waals surface area contributed by atoms with Gasteiger partial charge in [-0.25, -0.2) is 4.31 Å². The van der Waals surface area contributed by atoms with Gasteiger partial charge in [0.2, 0.25) is 5.91 Å². The minimum Gasteiger partial charge on any atom is -0.376 e. The maximum atomic E-state index is 12.5. The molecule has 7 nitrogen and oxygen atoms in total. The fourth-order valence-corrected chi connectivity index (χ4v) is 3.38. The van der Waals surface area contributed by atoms with Gasteiger partial charge in [0.1, 0.15) is 6.54 Å². The highest BCUT2D eigenvalue weighted by Crippen LogP contribution is 2.18. The lowest BCUT2D eigenvalue weighted by Crippen LogP contribution is -2.46. The number of para-hydroxylation sites is 1. The zero-order valence-corrected chi connectivity index (χ0v) is 14.3. The van der Waals surface area contributed by atoms with Gasteiger partial charge in [0, 0.05) is 27.2 Å². The molecule has 0 aliphatic carbocycles. The Bertz CT molecular complexity index is 613. The van der Waals surface area contributed by atoms with Crippen molar-refractivity contribution in [3.05, 3.63) is 30.3 Å². The summed E-state index contributed by atoms with van der Waals surface area (Å²) in [6, 6.07) is 8.58. The molecule has 0 saturated carbocycles. The van der Waals surface area contributed by atoms with E-state index in [1.807, 2.05) is 0 Å². The van der Waals surface area contributed by atoms with Crippen molar-refractivity contribution in [2.75, 3.05) is 38.1 Å². The number of ether oxygens (including phenoxy) is 1. The van der Waals surface area contributed by atoms with Gasteiger partial charge in [-0.3, -0.25) is 4.79 Å². The Morgan fingerprint density at radius 1 is 1.30 bits per heavy atom. The van der Waals surface area contributed by atoms with Crippen LogP contribution in [0.2, 0.25) is 0 Å². The van der Waals surface area contributed by atoms with Gasteiger partial charge in [-0.2, -0.15) is 12.7 Å². The van der Waals surface area contributed by atoms with E-state index in [0.717, 1.165) is 21.5 Å². The molecule has 1 aromatic rings. The summed E-state index contributed by atoms with van der Waals surface area (Å²) < 4.78 is 32.6. The second kappa shape index (κ2) is 7.76. The third-order valence-electron chi connectivity index (χ3n) is 3.62. The first-order valence-electron chi connectivity index (χ1n) is 7.55. The SMILES string of the molecule is CN(C)S(=O)(=O)N(CC(=O)NC[C@H]1CCCO1)c1ccccc1. The molecule has 0 aromatic heterocycles. The van der Waals surface area contributed by atoms with E-state index in [9.17, 15) is 13.2 Å². The van der Waals surface area contributed by atoms with Crippen LogP contribution in [0.4, 0.5) is 5.69 Å². The Labute approximate surface area is 137 Å². The van der Waals surface area contributed by atoms with Crippen molar-refractivity contribution < 1.29 is 17.9 Å². The number of carbonyl (C=O) groups is 1. The Morgan fingerprint density at radius 2 is 2.00 bits per heavy atom. The molecule has 1 saturated heterocycles. The zero-order valence-electron chi connectivity index (χ0n) is 13.4. The summed E-state index contributed by atoms with van der Waals surface area (Å²) in [7, 11) is -0.870. The number of nitrogens with one attached hydrogen (secondary N) is 1. The average Bonchev–Trinajstić information content (AvgIpc) is 3.04.